The molecule has 1 N–H and O–H groups in total. The molecule has 1 aromatic heterocycles. The molecule has 15 heteroatoms. The van der Waals surface area contributed by atoms with Gasteiger partial charge in [-0.05, 0) is 38.8 Å². The van der Waals surface area contributed by atoms with E-state index in [0.29, 0.717) is 12.1 Å². The van der Waals surface area contributed by atoms with Crippen LogP contribution in [0.5, 0.6) is 0 Å². The van der Waals surface area contributed by atoms with Crippen LogP contribution in [0.4, 0.5) is 31.1 Å². The summed E-state index contributed by atoms with van der Waals surface area (Å²) in [5.74, 6) is -6.89. The molecule has 1 aromatic carbocycles. The van der Waals surface area contributed by atoms with Gasteiger partial charge in [0.05, 0.1) is 18.3 Å². The zero-order chi connectivity index (χ0) is 30.0. The molecule has 0 radical (unpaired) electrons. The summed E-state index contributed by atoms with van der Waals surface area (Å²) in [6.45, 7) is 3.64. The zero-order valence-corrected chi connectivity index (χ0v) is 21.7. The number of imidazole rings is 1. The maximum Gasteiger partial charge on any atom is 0.449 e. The molecule has 2 amide bonds. The highest BCUT2D eigenvalue weighted by molar-refractivity contribution is 5.97. The monoisotopic (exact) mass is 573 g/mol. The van der Waals surface area contributed by atoms with E-state index in [-0.39, 0.29) is 24.3 Å². The molecule has 1 aliphatic rings. The predicted molar refractivity (Wildman–Crippen MR) is 125 cm³/mol. The molecule has 0 spiro atoms. The number of halogens is 6. The number of alkyl carbamates (subject to hydrolysis) is 1. The lowest BCUT2D eigenvalue weighted by atomic mass is 10.0. The molecule has 0 unspecified atom stereocenters. The number of hydrogen-bond donors (Lipinski definition) is 1. The fraction of sp³-hybridized carbons (Fsp3) is 0.480. The highest BCUT2D eigenvalue weighted by Gasteiger charge is 2.41. The molecule has 2 aromatic rings. The third kappa shape index (κ3) is 7.30. The van der Waals surface area contributed by atoms with Crippen LogP contribution in [0.25, 0.3) is 0 Å². The second-order valence-corrected chi connectivity index (χ2v) is 10.1. The van der Waals surface area contributed by atoms with E-state index in [9.17, 15) is 40.7 Å². The second kappa shape index (κ2) is 11.6. The minimum atomic E-state index is -4.90. The molecular formula is C25H25F6N5O4. The van der Waals surface area contributed by atoms with Gasteiger partial charge >= 0.3 is 12.3 Å². The van der Waals surface area contributed by atoms with Gasteiger partial charge in [-0.15, -0.1) is 0 Å². The number of fused-ring (bicyclic) bond motifs is 1. The van der Waals surface area contributed by atoms with Crippen LogP contribution in [0.15, 0.2) is 12.1 Å². The highest BCUT2D eigenvalue weighted by atomic mass is 19.4. The molecular weight excluding hydrogens is 548 g/mol. The number of nitrogens with zero attached hydrogens (tertiary/aromatic N) is 4. The molecule has 0 aliphatic carbocycles. The number of benzene rings is 1. The number of ether oxygens (including phenoxy) is 1. The van der Waals surface area contributed by atoms with Crippen LogP contribution in [0, 0.1) is 28.8 Å². The third-order valence-electron chi connectivity index (χ3n) is 5.81. The van der Waals surface area contributed by atoms with Crippen molar-refractivity contribution in [2.45, 2.75) is 70.9 Å². The number of hydrogen-bond acceptors (Lipinski definition) is 6. The van der Waals surface area contributed by atoms with Gasteiger partial charge in [0.15, 0.2) is 17.4 Å². The first-order valence-electron chi connectivity index (χ1n) is 12.0. The average molecular weight is 573 g/mol. The van der Waals surface area contributed by atoms with E-state index >= 15 is 0 Å². The highest BCUT2D eigenvalue weighted by Crippen LogP contribution is 2.33. The minimum absolute atomic E-state index is 0.213. The quantitative estimate of drug-likeness (QED) is 0.300. The van der Waals surface area contributed by atoms with Crippen LogP contribution >= 0.6 is 0 Å². The van der Waals surface area contributed by atoms with Gasteiger partial charge in [0, 0.05) is 31.6 Å². The Hall–Kier alpha value is -4.09. The van der Waals surface area contributed by atoms with Crippen molar-refractivity contribution >= 4 is 17.8 Å². The van der Waals surface area contributed by atoms with E-state index in [1.54, 1.807) is 26.8 Å². The number of nitrogens with one attached hydrogen (secondary N) is 1. The number of ketones is 1. The molecule has 9 nitrogen and oxygen atoms in total. The Morgan fingerprint density at radius 2 is 1.75 bits per heavy atom. The Labute approximate surface area is 224 Å². The first-order valence-corrected chi connectivity index (χ1v) is 12.0. The van der Waals surface area contributed by atoms with Crippen LogP contribution in [-0.4, -0.2) is 50.4 Å². The summed E-state index contributed by atoms with van der Waals surface area (Å²) >= 11 is 0. The lowest BCUT2D eigenvalue weighted by molar-refractivity contribution is -0.148. The van der Waals surface area contributed by atoms with Gasteiger partial charge in [-0.2, -0.15) is 18.4 Å². The first-order chi connectivity index (χ1) is 18.5. The minimum Gasteiger partial charge on any atom is -0.444 e. The fourth-order valence-electron chi connectivity index (χ4n) is 4.15. The Kier molecular flexibility index (Phi) is 8.81. The summed E-state index contributed by atoms with van der Waals surface area (Å²) in [6.07, 6.45) is -7.59. The SMILES string of the molecule is CC(C)(C)OC(=O)N[C@@H](CC(=O)N1CCn2c(C(F)(F)F)nc(C(=O)CC#N)c2C1)Cc1cc(F)c(F)cc1F. The van der Waals surface area contributed by atoms with Crippen molar-refractivity contribution in [3.8, 4) is 6.07 Å². The zero-order valence-electron chi connectivity index (χ0n) is 21.7. The Bertz CT molecular complexity index is 1360. The van der Waals surface area contributed by atoms with Crippen LogP contribution in [0.3, 0.4) is 0 Å². The molecule has 2 heterocycles. The Morgan fingerprint density at radius 3 is 2.35 bits per heavy atom. The Balaban J connectivity index is 1.87. The van der Waals surface area contributed by atoms with E-state index in [4.69, 9.17) is 10.00 Å². The standard InChI is InChI=1S/C25H25F6N5O4/c1-24(2,3)40-23(39)33-14(8-13-9-16(27)17(28)11-15(13)26)10-20(38)35-6-7-36-18(12-35)21(19(37)4-5-32)34-22(36)25(29,30)31/h9,11,14H,4,6-8,10,12H2,1-3H3,(H,33,39)/t14-/m1/s1. The van der Waals surface area contributed by atoms with E-state index in [1.165, 1.54) is 0 Å². The average Bonchev–Trinajstić information content (AvgIpc) is 3.21. The van der Waals surface area contributed by atoms with E-state index in [2.05, 4.69) is 10.3 Å². The van der Waals surface area contributed by atoms with Crippen molar-refractivity contribution in [3.05, 3.63) is 52.4 Å². The number of carbonyl (C=O) groups is 3. The van der Waals surface area contributed by atoms with Crippen molar-refractivity contribution < 1.29 is 45.5 Å². The van der Waals surface area contributed by atoms with E-state index in [1.807, 2.05) is 0 Å². The van der Waals surface area contributed by atoms with Crippen molar-refractivity contribution in [1.29, 1.82) is 5.26 Å². The largest absolute Gasteiger partial charge is 0.449 e. The molecule has 1 atom stereocenters. The number of nitriles is 1. The molecule has 3 rings (SSSR count). The molecule has 1 aliphatic heterocycles. The number of amides is 2. The molecule has 40 heavy (non-hydrogen) atoms. The van der Waals surface area contributed by atoms with Crippen LogP contribution in [0.2, 0.25) is 0 Å². The predicted octanol–water partition coefficient (Wildman–Crippen LogP) is 4.28. The van der Waals surface area contributed by atoms with E-state index in [0.717, 1.165) is 9.47 Å². The van der Waals surface area contributed by atoms with Gasteiger partial charge in [-0.3, -0.25) is 9.59 Å². The maximum atomic E-state index is 14.3. The summed E-state index contributed by atoms with van der Waals surface area (Å²) in [4.78, 5) is 42.4. The van der Waals surface area contributed by atoms with Crippen molar-refractivity contribution in [2.24, 2.45) is 0 Å². The fourth-order valence-corrected chi connectivity index (χ4v) is 4.15. The molecule has 216 valence electrons. The van der Waals surface area contributed by atoms with Crippen molar-refractivity contribution in [3.63, 3.8) is 0 Å². The summed E-state index contributed by atoms with van der Waals surface area (Å²) in [5, 5.41) is 11.2. The summed E-state index contributed by atoms with van der Waals surface area (Å²) in [7, 11) is 0. The van der Waals surface area contributed by atoms with E-state index < -0.39 is 90.4 Å². The first kappa shape index (κ1) is 30.5. The number of rotatable bonds is 7. The molecule has 0 saturated carbocycles. The van der Waals surface area contributed by atoms with Gasteiger partial charge < -0.3 is 19.5 Å². The summed E-state index contributed by atoms with van der Waals surface area (Å²) in [5.41, 5.74) is -2.09. The maximum absolute atomic E-state index is 14.3. The van der Waals surface area contributed by atoms with Gasteiger partial charge in [-0.1, -0.05) is 0 Å². The van der Waals surface area contributed by atoms with Crippen LogP contribution in [-0.2, 0) is 35.2 Å². The van der Waals surface area contributed by atoms with Gasteiger partial charge in [0.1, 0.15) is 23.5 Å². The van der Waals surface area contributed by atoms with Crippen LogP contribution in [0.1, 0.15) is 61.2 Å². The van der Waals surface area contributed by atoms with Gasteiger partial charge in [0.25, 0.3) is 0 Å². The topological polar surface area (TPSA) is 117 Å². The smallest absolute Gasteiger partial charge is 0.444 e. The number of alkyl halides is 3. The van der Waals surface area contributed by atoms with Gasteiger partial charge in [0.2, 0.25) is 11.7 Å². The van der Waals surface area contributed by atoms with Gasteiger partial charge in [-0.25, -0.2) is 22.9 Å². The Morgan fingerprint density at radius 1 is 1.10 bits per heavy atom. The second-order valence-electron chi connectivity index (χ2n) is 10.1. The third-order valence-corrected chi connectivity index (χ3v) is 5.81. The summed E-state index contributed by atoms with van der Waals surface area (Å²) in [6, 6.07) is 1.27. The number of aromatic nitrogens is 2. The number of carbonyl (C=O) groups excluding carboxylic acids is 3. The van der Waals surface area contributed by atoms with Crippen molar-refractivity contribution in [2.75, 3.05) is 6.54 Å². The molecule has 0 saturated heterocycles. The summed E-state index contributed by atoms with van der Waals surface area (Å²) < 4.78 is 88.0. The van der Waals surface area contributed by atoms with Crippen molar-refractivity contribution in [1.82, 2.24) is 19.8 Å². The number of Topliss-reactive ketones (excluding diaryl/α,β-unsaturated/α-hetero) is 1. The lowest BCUT2D eigenvalue weighted by Gasteiger charge is -2.31. The molecule has 0 fully saturated rings. The van der Waals surface area contributed by atoms with Crippen LogP contribution < -0.4 is 5.32 Å². The lowest BCUT2D eigenvalue weighted by Crippen LogP contribution is -2.45. The normalized spacial score (nSPS) is 14.2. The molecule has 0 bridgehead atoms.